The van der Waals surface area contributed by atoms with Crippen molar-refractivity contribution in [3.63, 3.8) is 0 Å². The Labute approximate surface area is 63.2 Å². The van der Waals surface area contributed by atoms with Crippen LogP contribution in [0.25, 0.3) is 5.57 Å². The first-order chi connectivity index (χ1) is 5.24. The van der Waals surface area contributed by atoms with Crippen molar-refractivity contribution >= 4 is 11.5 Å². The molecule has 0 unspecified atom stereocenters. The Morgan fingerprint density at radius 1 is 1.64 bits per heavy atom. The minimum absolute atomic E-state index is 0.0893. The van der Waals surface area contributed by atoms with Gasteiger partial charge in [-0.15, -0.1) is 0 Å². The molecule has 1 aromatic heterocycles. The van der Waals surface area contributed by atoms with Crippen molar-refractivity contribution in [3.05, 3.63) is 18.7 Å². The third-order valence-electron chi connectivity index (χ3n) is 0.995. The van der Waals surface area contributed by atoms with Gasteiger partial charge in [0.05, 0.1) is 5.57 Å². The molecule has 54 valence electrons. The number of anilines is 1. The van der Waals surface area contributed by atoms with Crippen molar-refractivity contribution in [2.75, 3.05) is 5.73 Å². The van der Waals surface area contributed by atoms with Gasteiger partial charge in [0.1, 0.15) is 12.4 Å². The summed E-state index contributed by atoms with van der Waals surface area (Å²) in [5, 5.41) is 8.39. The molecule has 1 heterocycles. The van der Waals surface area contributed by atoms with Crippen LogP contribution in [0.3, 0.4) is 0 Å². The molecule has 0 amide bonds. The molecular weight excluding hydrogens is 142 g/mol. The zero-order valence-electron chi connectivity index (χ0n) is 5.65. The van der Waals surface area contributed by atoms with Gasteiger partial charge in [-0.25, -0.2) is 9.97 Å². The maximum absolute atomic E-state index is 8.39. The van der Waals surface area contributed by atoms with E-state index in [0.717, 1.165) is 0 Å². The van der Waals surface area contributed by atoms with Gasteiger partial charge in [0.2, 0.25) is 5.95 Å². The highest BCUT2D eigenvalue weighted by Gasteiger charge is 2.00. The molecule has 0 aliphatic carbocycles. The van der Waals surface area contributed by atoms with Crippen LogP contribution in [0, 0.1) is 11.3 Å². The maximum atomic E-state index is 8.39. The fourth-order valence-corrected chi connectivity index (χ4v) is 0.504. The molecular formula is C6H5N5. The summed E-state index contributed by atoms with van der Waals surface area (Å²) in [7, 11) is 0. The van der Waals surface area contributed by atoms with Crippen LogP contribution in [0.15, 0.2) is 12.9 Å². The summed E-state index contributed by atoms with van der Waals surface area (Å²) in [6, 6.07) is 1.81. The van der Waals surface area contributed by atoms with Crippen LogP contribution in [-0.4, -0.2) is 15.0 Å². The summed E-state index contributed by atoms with van der Waals surface area (Å²) < 4.78 is 0. The van der Waals surface area contributed by atoms with E-state index in [1.807, 2.05) is 0 Å². The largest absolute Gasteiger partial charge is 0.368 e. The monoisotopic (exact) mass is 147 g/mol. The van der Waals surface area contributed by atoms with Crippen LogP contribution in [0.4, 0.5) is 5.95 Å². The minimum atomic E-state index is 0.0893. The summed E-state index contributed by atoms with van der Waals surface area (Å²) >= 11 is 0. The molecule has 0 atom stereocenters. The average molecular weight is 147 g/mol. The number of aromatic nitrogens is 3. The van der Waals surface area contributed by atoms with E-state index in [0.29, 0.717) is 0 Å². The molecule has 2 N–H and O–H groups in total. The van der Waals surface area contributed by atoms with Crippen molar-refractivity contribution in [1.82, 2.24) is 15.0 Å². The van der Waals surface area contributed by atoms with Crippen LogP contribution < -0.4 is 5.73 Å². The molecule has 5 heteroatoms. The first kappa shape index (κ1) is 7.15. The normalized spacial score (nSPS) is 8.64. The topological polar surface area (TPSA) is 88.5 Å². The lowest BCUT2D eigenvalue weighted by Gasteiger charge is -1.93. The van der Waals surface area contributed by atoms with Crippen molar-refractivity contribution in [1.29, 1.82) is 5.26 Å². The van der Waals surface area contributed by atoms with E-state index in [9.17, 15) is 0 Å². The van der Waals surface area contributed by atoms with Gasteiger partial charge in [-0.05, 0) is 0 Å². The van der Waals surface area contributed by atoms with E-state index in [1.165, 1.54) is 6.33 Å². The Kier molecular flexibility index (Phi) is 1.79. The lowest BCUT2D eigenvalue weighted by molar-refractivity contribution is 1.04. The van der Waals surface area contributed by atoms with E-state index in [2.05, 4.69) is 21.5 Å². The fourth-order valence-electron chi connectivity index (χ4n) is 0.504. The number of nitrogen functional groups attached to an aromatic ring is 1. The highest BCUT2D eigenvalue weighted by Crippen LogP contribution is 2.03. The Balaban J connectivity index is 3.08. The van der Waals surface area contributed by atoms with Gasteiger partial charge in [0, 0.05) is 0 Å². The smallest absolute Gasteiger partial charge is 0.223 e. The van der Waals surface area contributed by atoms with Gasteiger partial charge in [-0.2, -0.15) is 10.2 Å². The molecule has 11 heavy (non-hydrogen) atoms. The quantitative estimate of drug-likeness (QED) is 0.564. The number of hydrogen-bond acceptors (Lipinski definition) is 5. The standard InChI is InChI=1S/C6H5N5/c1-4(2-7)5-9-3-10-6(8)11-5/h3H,1H2,(H2,8,9,10,11). The van der Waals surface area contributed by atoms with Gasteiger partial charge >= 0.3 is 0 Å². The first-order valence-electron chi connectivity index (χ1n) is 2.78. The number of allylic oxidation sites excluding steroid dienone is 1. The average Bonchev–Trinajstić information content (AvgIpc) is 2.03. The van der Waals surface area contributed by atoms with Gasteiger partial charge in [0.15, 0.2) is 5.82 Å². The molecule has 0 saturated carbocycles. The second kappa shape index (κ2) is 2.75. The minimum Gasteiger partial charge on any atom is -0.368 e. The van der Waals surface area contributed by atoms with Gasteiger partial charge in [-0.3, -0.25) is 0 Å². The summed E-state index contributed by atoms with van der Waals surface area (Å²) in [6.07, 6.45) is 1.24. The lowest BCUT2D eigenvalue weighted by Crippen LogP contribution is -1.99. The zero-order chi connectivity index (χ0) is 8.27. The van der Waals surface area contributed by atoms with E-state index in [-0.39, 0.29) is 17.3 Å². The van der Waals surface area contributed by atoms with E-state index in [1.54, 1.807) is 6.07 Å². The summed E-state index contributed by atoms with van der Waals surface area (Å²) in [5.74, 6) is 0.311. The molecule has 0 fully saturated rings. The Morgan fingerprint density at radius 2 is 2.36 bits per heavy atom. The van der Waals surface area contributed by atoms with Crippen molar-refractivity contribution in [3.8, 4) is 6.07 Å². The van der Waals surface area contributed by atoms with E-state index in [4.69, 9.17) is 11.0 Å². The third kappa shape index (κ3) is 1.49. The van der Waals surface area contributed by atoms with Crippen LogP contribution >= 0.6 is 0 Å². The summed E-state index contributed by atoms with van der Waals surface area (Å²) in [4.78, 5) is 10.9. The van der Waals surface area contributed by atoms with Crippen molar-refractivity contribution in [2.24, 2.45) is 0 Å². The Bertz CT molecular complexity index is 324. The molecule has 0 aliphatic rings. The molecule has 0 bridgehead atoms. The fraction of sp³-hybridized carbons (Fsp3) is 0. The highest BCUT2D eigenvalue weighted by molar-refractivity contribution is 5.70. The number of rotatable bonds is 1. The lowest BCUT2D eigenvalue weighted by atomic mass is 10.3. The molecule has 0 aliphatic heterocycles. The number of nitriles is 1. The molecule has 1 aromatic rings. The van der Waals surface area contributed by atoms with Crippen molar-refractivity contribution < 1.29 is 0 Å². The molecule has 0 spiro atoms. The predicted octanol–water partition coefficient (Wildman–Crippen LogP) is -0.00942. The molecule has 1 rings (SSSR count). The predicted molar refractivity (Wildman–Crippen MR) is 38.9 cm³/mol. The van der Waals surface area contributed by atoms with Crippen molar-refractivity contribution in [2.45, 2.75) is 0 Å². The van der Waals surface area contributed by atoms with E-state index < -0.39 is 0 Å². The highest BCUT2D eigenvalue weighted by atomic mass is 15.1. The second-order valence-electron chi connectivity index (χ2n) is 1.76. The Morgan fingerprint density at radius 3 is 2.91 bits per heavy atom. The molecule has 0 aromatic carbocycles. The summed E-state index contributed by atoms with van der Waals surface area (Å²) in [5.41, 5.74) is 5.42. The van der Waals surface area contributed by atoms with Gasteiger partial charge < -0.3 is 5.73 Å². The zero-order valence-corrected chi connectivity index (χ0v) is 5.65. The number of nitrogens with two attached hydrogens (primary N) is 1. The van der Waals surface area contributed by atoms with Gasteiger partial charge in [-0.1, -0.05) is 6.58 Å². The molecule has 0 saturated heterocycles. The van der Waals surface area contributed by atoms with Crippen LogP contribution in [0.2, 0.25) is 0 Å². The molecule has 5 nitrogen and oxygen atoms in total. The Hall–Kier alpha value is -1.96. The first-order valence-corrected chi connectivity index (χ1v) is 2.78. The van der Waals surface area contributed by atoms with Crippen LogP contribution in [0.1, 0.15) is 5.82 Å². The SMILES string of the molecule is C=C(C#N)c1ncnc(N)n1. The number of hydrogen-bond donors (Lipinski definition) is 1. The number of nitrogens with zero attached hydrogens (tertiary/aromatic N) is 4. The van der Waals surface area contributed by atoms with Gasteiger partial charge in [0.25, 0.3) is 0 Å². The third-order valence-corrected chi connectivity index (χ3v) is 0.995. The summed E-state index contributed by atoms with van der Waals surface area (Å²) in [6.45, 7) is 3.42. The molecule has 0 radical (unpaired) electrons. The maximum Gasteiger partial charge on any atom is 0.223 e. The second-order valence-corrected chi connectivity index (χ2v) is 1.76. The van der Waals surface area contributed by atoms with Crippen LogP contribution in [-0.2, 0) is 0 Å². The van der Waals surface area contributed by atoms with Crippen LogP contribution in [0.5, 0.6) is 0 Å². The van der Waals surface area contributed by atoms with E-state index >= 15 is 0 Å².